The third-order valence-corrected chi connectivity index (χ3v) is 6.13. The summed E-state index contributed by atoms with van der Waals surface area (Å²) in [6.45, 7) is 23.5. The van der Waals surface area contributed by atoms with Gasteiger partial charge in [0.2, 0.25) is 0 Å². The average molecular weight is 541 g/mol. The Balaban J connectivity index is 3.04. The van der Waals surface area contributed by atoms with Crippen molar-refractivity contribution >= 4 is 11.9 Å². The number of esters is 2. The normalized spacial score (nSPS) is 10.9. The van der Waals surface area contributed by atoms with E-state index < -0.39 is 17.4 Å². The highest BCUT2D eigenvalue weighted by molar-refractivity contribution is 5.85. The van der Waals surface area contributed by atoms with Crippen molar-refractivity contribution in [3.8, 4) is 34.5 Å². The third-order valence-electron chi connectivity index (χ3n) is 6.13. The number of hydrogen-bond donors (Lipinski definition) is 0. The zero-order chi connectivity index (χ0) is 29.3. The van der Waals surface area contributed by atoms with Crippen LogP contribution in [0.2, 0.25) is 0 Å². The number of hydrogen-bond acceptors (Lipinski definition) is 8. The summed E-state index contributed by atoms with van der Waals surface area (Å²) in [4.78, 5) is 24.4. The van der Waals surface area contributed by atoms with Crippen LogP contribution in [0.15, 0.2) is 37.4 Å². The first-order valence-corrected chi connectivity index (χ1v) is 13.1. The van der Waals surface area contributed by atoms with Crippen molar-refractivity contribution in [2.24, 2.45) is 0 Å². The molecule has 8 heteroatoms. The highest BCUT2D eigenvalue weighted by atomic mass is 16.5. The van der Waals surface area contributed by atoms with E-state index in [1.165, 1.54) is 0 Å². The summed E-state index contributed by atoms with van der Waals surface area (Å²) in [5.74, 6) is 1.35. The summed E-state index contributed by atoms with van der Waals surface area (Å²) < 4.78 is 35.6. The van der Waals surface area contributed by atoms with Crippen LogP contribution in [-0.4, -0.2) is 38.4 Å². The number of carbonyl (C=O) groups excluding carboxylic acids is 2. The smallest absolute Gasteiger partial charge is 0.335 e. The molecule has 0 bridgehead atoms. The Morgan fingerprint density at radius 3 is 1.26 bits per heavy atom. The zero-order valence-corrected chi connectivity index (χ0v) is 24.3. The molecule has 0 spiro atoms. The SMILES string of the molecule is C=CC(=O)Oc1cc(C(C)(C)c2cc(OC(=O)C=C)c(C)c(OCC)c2OCC)c(OCC)c(OCC)c1C. The monoisotopic (exact) mass is 540 g/mol. The van der Waals surface area contributed by atoms with Gasteiger partial charge in [-0.25, -0.2) is 9.59 Å². The summed E-state index contributed by atoms with van der Waals surface area (Å²) in [7, 11) is 0. The second-order valence-corrected chi connectivity index (χ2v) is 9.02. The van der Waals surface area contributed by atoms with E-state index in [2.05, 4.69) is 13.2 Å². The fraction of sp³-hybridized carbons (Fsp3) is 0.419. The van der Waals surface area contributed by atoms with Crippen LogP contribution < -0.4 is 28.4 Å². The Bertz CT molecular complexity index is 1130. The van der Waals surface area contributed by atoms with Crippen molar-refractivity contribution in [1.82, 2.24) is 0 Å². The van der Waals surface area contributed by atoms with Gasteiger partial charge in [-0.3, -0.25) is 0 Å². The lowest BCUT2D eigenvalue weighted by Gasteiger charge is -2.33. The molecule has 0 unspecified atom stereocenters. The molecule has 0 heterocycles. The maximum atomic E-state index is 12.2. The minimum Gasteiger partial charge on any atom is -0.490 e. The molecule has 39 heavy (non-hydrogen) atoms. The lowest BCUT2D eigenvalue weighted by Crippen LogP contribution is -2.24. The molecule has 0 radical (unpaired) electrons. The largest absolute Gasteiger partial charge is 0.490 e. The average Bonchev–Trinajstić information content (AvgIpc) is 2.90. The van der Waals surface area contributed by atoms with Crippen LogP contribution >= 0.6 is 0 Å². The molecule has 0 aliphatic carbocycles. The molecule has 2 aromatic rings. The first-order chi connectivity index (χ1) is 18.5. The van der Waals surface area contributed by atoms with Gasteiger partial charge < -0.3 is 28.4 Å². The summed E-state index contributed by atoms with van der Waals surface area (Å²) in [5, 5.41) is 0. The Hall–Kier alpha value is -3.94. The molecule has 0 saturated heterocycles. The fourth-order valence-corrected chi connectivity index (χ4v) is 4.22. The van der Waals surface area contributed by atoms with Crippen molar-refractivity contribution in [2.45, 2.75) is 60.8 Å². The standard InChI is InChI=1S/C31H40O8/c1-11-25(32)38-23-17-21(29(36-15-5)27(19(23)7)34-13-3)31(9,10)22-18-24(39-26(33)12-2)20(8)28(35-14-4)30(22)37-16-6/h11-12,17-18H,1-2,13-16H2,3-10H3. The van der Waals surface area contributed by atoms with Crippen molar-refractivity contribution < 1.29 is 38.0 Å². The van der Waals surface area contributed by atoms with E-state index in [0.717, 1.165) is 12.2 Å². The highest BCUT2D eigenvalue weighted by Gasteiger charge is 2.36. The van der Waals surface area contributed by atoms with Gasteiger partial charge in [-0.05, 0) is 53.7 Å². The van der Waals surface area contributed by atoms with Crippen molar-refractivity contribution in [3.63, 3.8) is 0 Å². The minimum atomic E-state index is -0.862. The molecular formula is C31H40O8. The lowest BCUT2D eigenvalue weighted by atomic mass is 9.76. The van der Waals surface area contributed by atoms with Crippen LogP contribution in [0.25, 0.3) is 0 Å². The van der Waals surface area contributed by atoms with Crippen LogP contribution in [0.3, 0.4) is 0 Å². The number of ether oxygens (including phenoxy) is 6. The first-order valence-electron chi connectivity index (χ1n) is 13.1. The van der Waals surface area contributed by atoms with E-state index >= 15 is 0 Å². The molecule has 0 N–H and O–H groups in total. The lowest BCUT2D eigenvalue weighted by molar-refractivity contribution is -0.129. The molecule has 2 aromatic carbocycles. The maximum absolute atomic E-state index is 12.2. The van der Waals surface area contributed by atoms with Crippen LogP contribution in [0.5, 0.6) is 34.5 Å². The van der Waals surface area contributed by atoms with E-state index in [-0.39, 0.29) is 0 Å². The second kappa shape index (κ2) is 13.7. The van der Waals surface area contributed by atoms with Crippen LogP contribution in [0, 0.1) is 13.8 Å². The van der Waals surface area contributed by atoms with Gasteiger partial charge in [-0.1, -0.05) is 27.0 Å². The maximum Gasteiger partial charge on any atom is 0.335 e. The minimum absolute atomic E-state index is 0.309. The van der Waals surface area contributed by atoms with Crippen molar-refractivity contribution in [1.29, 1.82) is 0 Å². The molecule has 8 nitrogen and oxygen atoms in total. The topological polar surface area (TPSA) is 89.5 Å². The molecule has 0 amide bonds. The molecular weight excluding hydrogens is 500 g/mol. The van der Waals surface area contributed by atoms with Gasteiger partial charge in [0.1, 0.15) is 11.5 Å². The molecule has 0 atom stereocenters. The molecule has 0 aromatic heterocycles. The predicted octanol–water partition coefficient (Wildman–Crippen LogP) is 6.41. The molecule has 0 aliphatic rings. The van der Waals surface area contributed by atoms with E-state index in [1.807, 2.05) is 41.5 Å². The van der Waals surface area contributed by atoms with E-state index in [0.29, 0.717) is 83.2 Å². The van der Waals surface area contributed by atoms with Gasteiger partial charge in [0.25, 0.3) is 0 Å². The molecule has 0 aliphatic heterocycles. The van der Waals surface area contributed by atoms with Gasteiger partial charge in [-0.15, -0.1) is 0 Å². The van der Waals surface area contributed by atoms with Gasteiger partial charge in [0.15, 0.2) is 23.0 Å². The molecule has 0 saturated carbocycles. The second-order valence-electron chi connectivity index (χ2n) is 9.02. The first kappa shape index (κ1) is 31.3. The van der Waals surface area contributed by atoms with Gasteiger partial charge >= 0.3 is 11.9 Å². The van der Waals surface area contributed by atoms with Crippen LogP contribution in [-0.2, 0) is 15.0 Å². The molecule has 0 fully saturated rings. The summed E-state index contributed by atoms with van der Waals surface area (Å²) >= 11 is 0. The Morgan fingerprint density at radius 2 is 0.974 bits per heavy atom. The fourth-order valence-electron chi connectivity index (χ4n) is 4.22. The van der Waals surface area contributed by atoms with Gasteiger partial charge in [0, 0.05) is 39.8 Å². The van der Waals surface area contributed by atoms with Gasteiger partial charge in [0.05, 0.1) is 26.4 Å². The third kappa shape index (κ3) is 6.74. The van der Waals surface area contributed by atoms with E-state index in [1.54, 1.807) is 26.0 Å². The summed E-state index contributed by atoms with van der Waals surface area (Å²) in [6.07, 6.45) is 2.20. The van der Waals surface area contributed by atoms with Crippen LogP contribution in [0.4, 0.5) is 0 Å². The van der Waals surface area contributed by atoms with Crippen molar-refractivity contribution in [2.75, 3.05) is 26.4 Å². The van der Waals surface area contributed by atoms with Crippen LogP contribution in [0.1, 0.15) is 63.8 Å². The van der Waals surface area contributed by atoms with E-state index in [4.69, 9.17) is 28.4 Å². The molecule has 212 valence electrons. The Labute approximate surface area is 231 Å². The number of carbonyl (C=O) groups is 2. The zero-order valence-electron chi connectivity index (χ0n) is 24.3. The number of benzene rings is 2. The van der Waals surface area contributed by atoms with Crippen molar-refractivity contribution in [3.05, 3.63) is 59.7 Å². The van der Waals surface area contributed by atoms with E-state index in [9.17, 15) is 9.59 Å². The Kier molecular flexibility index (Phi) is 11.0. The summed E-state index contributed by atoms with van der Waals surface area (Å²) in [6, 6.07) is 3.52. The predicted molar refractivity (Wildman–Crippen MR) is 151 cm³/mol. The Morgan fingerprint density at radius 1 is 0.667 bits per heavy atom. The summed E-state index contributed by atoms with van der Waals surface area (Å²) in [5.41, 5.74) is 1.69. The quantitative estimate of drug-likeness (QED) is 0.154. The van der Waals surface area contributed by atoms with Gasteiger partial charge in [-0.2, -0.15) is 0 Å². The highest BCUT2D eigenvalue weighted by Crippen LogP contribution is 2.52. The number of rotatable bonds is 14. The molecule has 2 rings (SSSR count).